The smallest absolute Gasteiger partial charge is 0.322 e. The van der Waals surface area contributed by atoms with Gasteiger partial charge in [-0.1, -0.05) is 23.2 Å². The fourth-order valence-electron chi connectivity index (χ4n) is 1.39. The molecule has 0 spiro atoms. The summed E-state index contributed by atoms with van der Waals surface area (Å²) >= 11 is 11.8. The Morgan fingerprint density at radius 2 is 2.14 bits per heavy atom. The predicted molar refractivity (Wildman–Crippen MR) is 57.2 cm³/mol. The summed E-state index contributed by atoms with van der Waals surface area (Å²) < 4.78 is 0. The van der Waals surface area contributed by atoms with Crippen molar-refractivity contribution in [1.82, 2.24) is 5.32 Å². The number of hydrogen-bond acceptors (Lipinski definition) is 1. The lowest BCUT2D eigenvalue weighted by Crippen LogP contribution is -2.27. The van der Waals surface area contributed by atoms with Crippen molar-refractivity contribution in [2.24, 2.45) is 0 Å². The first-order valence-corrected chi connectivity index (χ1v) is 4.94. The molecule has 0 radical (unpaired) electrons. The highest BCUT2D eigenvalue weighted by atomic mass is 35.5. The lowest BCUT2D eigenvalue weighted by Gasteiger charge is -2.15. The minimum Gasteiger partial charge on any atom is -0.336 e. The molecule has 0 bridgehead atoms. The maximum Gasteiger partial charge on any atom is 0.322 e. The maximum atomic E-state index is 11.4. The first-order chi connectivity index (χ1) is 6.68. The number of hydrogen-bond donors (Lipinski definition) is 1. The summed E-state index contributed by atoms with van der Waals surface area (Å²) in [4.78, 5) is 12.9. The standard InChI is InChI=1S/C9H8Cl2N2O/c10-6-1-2-7(11)8(5-6)13-4-3-12-9(13)14/h1-2,5H,3-4H2,(H,12,14). The fraction of sp³-hybridized carbons (Fsp3) is 0.222. The van der Waals surface area contributed by atoms with Gasteiger partial charge in [0, 0.05) is 18.1 Å². The van der Waals surface area contributed by atoms with Crippen LogP contribution >= 0.6 is 23.2 Å². The van der Waals surface area contributed by atoms with Crippen LogP contribution in [0.4, 0.5) is 10.5 Å². The van der Waals surface area contributed by atoms with Crippen molar-refractivity contribution in [3.63, 3.8) is 0 Å². The van der Waals surface area contributed by atoms with Gasteiger partial charge in [-0.15, -0.1) is 0 Å². The van der Waals surface area contributed by atoms with E-state index in [9.17, 15) is 4.79 Å². The Morgan fingerprint density at radius 3 is 2.79 bits per heavy atom. The van der Waals surface area contributed by atoms with Gasteiger partial charge in [0.25, 0.3) is 0 Å². The lowest BCUT2D eigenvalue weighted by molar-refractivity contribution is 0.252. The minimum atomic E-state index is -0.130. The van der Waals surface area contributed by atoms with E-state index in [1.807, 2.05) is 0 Å². The largest absolute Gasteiger partial charge is 0.336 e. The summed E-state index contributed by atoms with van der Waals surface area (Å²) in [6.07, 6.45) is 0. The molecule has 3 nitrogen and oxygen atoms in total. The van der Waals surface area contributed by atoms with E-state index in [2.05, 4.69) is 5.32 Å². The molecule has 14 heavy (non-hydrogen) atoms. The number of nitrogens with one attached hydrogen (secondary N) is 1. The quantitative estimate of drug-likeness (QED) is 0.791. The average molecular weight is 231 g/mol. The molecule has 0 atom stereocenters. The topological polar surface area (TPSA) is 32.3 Å². The summed E-state index contributed by atoms with van der Waals surface area (Å²) in [6, 6.07) is 4.94. The molecule has 0 unspecified atom stereocenters. The SMILES string of the molecule is O=C1NCCN1c1cc(Cl)ccc1Cl. The highest BCUT2D eigenvalue weighted by molar-refractivity contribution is 6.35. The normalized spacial score (nSPS) is 15.9. The van der Waals surface area contributed by atoms with E-state index in [0.717, 1.165) is 0 Å². The molecule has 1 N–H and O–H groups in total. The molecule has 74 valence electrons. The van der Waals surface area contributed by atoms with Crippen LogP contribution < -0.4 is 10.2 Å². The van der Waals surface area contributed by atoms with Crippen LogP contribution in [-0.2, 0) is 0 Å². The van der Waals surface area contributed by atoms with Gasteiger partial charge in [-0.25, -0.2) is 4.79 Å². The number of carbonyl (C=O) groups excluding carboxylic acids is 1. The number of nitrogens with zero attached hydrogens (tertiary/aromatic N) is 1. The van der Waals surface area contributed by atoms with Crippen molar-refractivity contribution in [2.45, 2.75) is 0 Å². The van der Waals surface area contributed by atoms with E-state index in [4.69, 9.17) is 23.2 Å². The summed E-state index contributed by atoms with van der Waals surface area (Å²) in [6.45, 7) is 1.26. The highest BCUT2D eigenvalue weighted by Crippen LogP contribution is 2.29. The molecule has 1 aliphatic heterocycles. The van der Waals surface area contributed by atoms with Gasteiger partial charge in [-0.2, -0.15) is 0 Å². The number of benzene rings is 1. The van der Waals surface area contributed by atoms with Crippen molar-refractivity contribution in [2.75, 3.05) is 18.0 Å². The number of anilines is 1. The monoisotopic (exact) mass is 230 g/mol. The Balaban J connectivity index is 2.39. The first kappa shape index (κ1) is 9.62. The second kappa shape index (κ2) is 3.67. The van der Waals surface area contributed by atoms with Crippen LogP contribution in [0.5, 0.6) is 0 Å². The van der Waals surface area contributed by atoms with Gasteiger partial charge in [0.05, 0.1) is 10.7 Å². The number of amides is 2. The van der Waals surface area contributed by atoms with Crippen LogP contribution in [0.25, 0.3) is 0 Å². The van der Waals surface area contributed by atoms with E-state index in [1.54, 1.807) is 23.1 Å². The molecule has 1 aromatic rings. The molecule has 1 aliphatic rings. The molecular formula is C9H8Cl2N2O. The molecule has 5 heteroatoms. The molecule has 2 amide bonds. The summed E-state index contributed by atoms with van der Waals surface area (Å²) in [5, 5.41) is 3.81. The Morgan fingerprint density at radius 1 is 1.36 bits per heavy atom. The number of halogens is 2. The van der Waals surface area contributed by atoms with Crippen molar-refractivity contribution < 1.29 is 4.79 Å². The van der Waals surface area contributed by atoms with Gasteiger partial charge in [-0.3, -0.25) is 4.90 Å². The minimum absolute atomic E-state index is 0.130. The van der Waals surface area contributed by atoms with E-state index >= 15 is 0 Å². The van der Waals surface area contributed by atoms with Gasteiger partial charge in [-0.05, 0) is 18.2 Å². The third kappa shape index (κ3) is 1.65. The summed E-state index contributed by atoms with van der Waals surface area (Å²) in [5.41, 5.74) is 0.661. The fourth-order valence-corrected chi connectivity index (χ4v) is 1.78. The molecule has 0 aromatic heterocycles. The van der Waals surface area contributed by atoms with Crippen LogP contribution in [0.15, 0.2) is 18.2 Å². The van der Waals surface area contributed by atoms with Crippen molar-refractivity contribution >= 4 is 34.9 Å². The molecule has 1 heterocycles. The molecule has 1 aromatic carbocycles. The van der Waals surface area contributed by atoms with Crippen LogP contribution in [-0.4, -0.2) is 19.1 Å². The molecule has 0 saturated carbocycles. The van der Waals surface area contributed by atoms with Crippen molar-refractivity contribution in [1.29, 1.82) is 0 Å². The molecule has 1 saturated heterocycles. The van der Waals surface area contributed by atoms with E-state index < -0.39 is 0 Å². The zero-order chi connectivity index (χ0) is 10.1. The summed E-state index contributed by atoms with van der Waals surface area (Å²) in [5.74, 6) is 0. The molecule has 2 rings (SSSR count). The zero-order valence-corrected chi connectivity index (χ0v) is 8.77. The predicted octanol–water partition coefficient (Wildman–Crippen LogP) is 2.52. The van der Waals surface area contributed by atoms with Crippen LogP contribution in [0, 0.1) is 0 Å². The van der Waals surface area contributed by atoms with Crippen LogP contribution in [0.2, 0.25) is 10.0 Å². The second-order valence-electron chi connectivity index (χ2n) is 2.98. The molecular weight excluding hydrogens is 223 g/mol. The van der Waals surface area contributed by atoms with E-state index in [-0.39, 0.29) is 6.03 Å². The van der Waals surface area contributed by atoms with Gasteiger partial charge < -0.3 is 5.32 Å². The van der Waals surface area contributed by atoms with Gasteiger partial charge in [0.15, 0.2) is 0 Å². The Kier molecular flexibility index (Phi) is 2.52. The van der Waals surface area contributed by atoms with Crippen LogP contribution in [0.3, 0.4) is 0 Å². The second-order valence-corrected chi connectivity index (χ2v) is 3.82. The molecule has 1 fully saturated rings. The average Bonchev–Trinajstić information content (AvgIpc) is 2.56. The van der Waals surface area contributed by atoms with Crippen LogP contribution in [0.1, 0.15) is 0 Å². The Bertz CT molecular complexity index is 381. The third-order valence-electron chi connectivity index (χ3n) is 2.06. The zero-order valence-electron chi connectivity index (χ0n) is 7.26. The number of rotatable bonds is 1. The van der Waals surface area contributed by atoms with E-state index in [1.165, 1.54) is 0 Å². The summed E-state index contributed by atoms with van der Waals surface area (Å²) in [7, 11) is 0. The highest BCUT2D eigenvalue weighted by Gasteiger charge is 2.23. The number of carbonyl (C=O) groups is 1. The van der Waals surface area contributed by atoms with E-state index in [0.29, 0.717) is 28.8 Å². The van der Waals surface area contributed by atoms with Crippen molar-refractivity contribution in [3.8, 4) is 0 Å². The Labute approximate surface area is 91.6 Å². The van der Waals surface area contributed by atoms with Gasteiger partial charge in [0.2, 0.25) is 0 Å². The Hall–Kier alpha value is -0.930. The van der Waals surface area contributed by atoms with Gasteiger partial charge in [0.1, 0.15) is 0 Å². The van der Waals surface area contributed by atoms with Gasteiger partial charge >= 0.3 is 6.03 Å². The first-order valence-electron chi connectivity index (χ1n) is 4.19. The van der Waals surface area contributed by atoms with Crippen molar-refractivity contribution in [3.05, 3.63) is 28.2 Å². The molecule has 0 aliphatic carbocycles. The lowest BCUT2D eigenvalue weighted by atomic mass is 10.3. The maximum absolute atomic E-state index is 11.4. The number of urea groups is 1. The third-order valence-corrected chi connectivity index (χ3v) is 2.61.